The Kier molecular flexibility index (Phi) is 9.13. The zero-order valence-electron chi connectivity index (χ0n) is 34.8. The molecule has 0 saturated heterocycles. The molecule has 0 aliphatic heterocycles. The molecule has 61 heavy (non-hydrogen) atoms. The van der Waals surface area contributed by atoms with Gasteiger partial charge in [0.25, 0.3) is 0 Å². The molecule has 10 rings (SSSR count). The summed E-state index contributed by atoms with van der Waals surface area (Å²) in [5.74, 6) is 0. The normalized spacial score (nSPS) is 12.9. The molecule has 0 atom stereocenters. The van der Waals surface area contributed by atoms with Gasteiger partial charge < -0.3 is 4.90 Å². The maximum atomic E-state index is 10.4. The molecule has 3 heteroatoms. The summed E-state index contributed by atoms with van der Waals surface area (Å²) in [5, 5.41) is 20.8. The topological polar surface area (TPSA) is 50.8 Å². The smallest absolute Gasteiger partial charge is 0.0991 e. The van der Waals surface area contributed by atoms with Crippen LogP contribution >= 0.6 is 0 Å². The predicted molar refractivity (Wildman–Crippen MR) is 250 cm³/mol. The summed E-state index contributed by atoms with van der Waals surface area (Å²) in [5.41, 5.74) is 22.1. The lowest BCUT2D eigenvalue weighted by Crippen LogP contribution is -2.26. The average molecular weight is 782 g/mol. The number of nitriles is 2. The molecule has 1 spiro atoms. The van der Waals surface area contributed by atoms with Gasteiger partial charge in [0, 0.05) is 17.1 Å². The van der Waals surface area contributed by atoms with E-state index >= 15 is 0 Å². The van der Waals surface area contributed by atoms with Crippen LogP contribution in [0.4, 0.5) is 17.1 Å². The van der Waals surface area contributed by atoms with E-state index in [1.54, 1.807) is 0 Å². The van der Waals surface area contributed by atoms with Crippen LogP contribution in [0.25, 0.3) is 33.9 Å². The molecule has 2 aliphatic rings. The van der Waals surface area contributed by atoms with Crippen LogP contribution in [0.1, 0.15) is 72.3 Å². The van der Waals surface area contributed by atoms with Crippen molar-refractivity contribution in [3.63, 3.8) is 0 Å². The highest BCUT2D eigenvalue weighted by Gasteiger charge is 2.52. The van der Waals surface area contributed by atoms with E-state index in [-0.39, 0.29) is 0 Å². The number of allylic oxidation sites excluding steroid dienone is 1. The minimum atomic E-state index is -0.803. The Labute approximate surface area is 358 Å². The molecular formula is C58H43N3. The number of rotatable bonds is 7. The van der Waals surface area contributed by atoms with Crippen LogP contribution in [0.5, 0.6) is 0 Å². The average Bonchev–Trinajstić information content (AvgIpc) is 3.74. The molecule has 0 amide bonds. The lowest BCUT2D eigenvalue weighted by atomic mass is 9.69. The van der Waals surface area contributed by atoms with Gasteiger partial charge in [-0.25, -0.2) is 0 Å². The fourth-order valence-corrected chi connectivity index (χ4v) is 9.57. The van der Waals surface area contributed by atoms with Gasteiger partial charge in [-0.15, -0.1) is 0 Å². The number of hydrogen-bond donors (Lipinski definition) is 0. The predicted octanol–water partition coefficient (Wildman–Crippen LogP) is 14.3. The third kappa shape index (κ3) is 6.35. The Morgan fingerprint density at radius 2 is 0.869 bits per heavy atom. The summed E-state index contributed by atoms with van der Waals surface area (Å²) >= 11 is 0. The van der Waals surface area contributed by atoms with Gasteiger partial charge in [0.1, 0.15) is 0 Å². The number of anilines is 3. The monoisotopic (exact) mass is 781 g/mol. The van der Waals surface area contributed by atoms with Crippen molar-refractivity contribution < 1.29 is 0 Å². The van der Waals surface area contributed by atoms with E-state index in [2.05, 4.69) is 209 Å². The van der Waals surface area contributed by atoms with E-state index in [9.17, 15) is 10.5 Å². The van der Waals surface area contributed by atoms with Crippen LogP contribution < -0.4 is 4.90 Å². The van der Waals surface area contributed by atoms with E-state index in [1.165, 1.54) is 39.0 Å². The number of benzene rings is 8. The van der Waals surface area contributed by atoms with Crippen LogP contribution in [-0.4, -0.2) is 0 Å². The molecule has 0 radical (unpaired) electrons. The van der Waals surface area contributed by atoms with Crippen molar-refractivity contribution in [2.24, 2.45) is 0 Å². The highest BCUT2D eigenvalue weighted by molar-refractivity contribution is 5.97. The van der Waals surface area contributed by atoms with Crippen molar-refractivity contribution in [1.82, 2.24) is 0 Å². The largest absolute Gasteiger partial charge is 0.310 e. The van der Waals surface area contributed by atoms with E-state index in [0.29, 0.717) is 11.1 Å². The van der Waals surface area contributed by atoms with Gasteiger partial charge in [-0.1, -0.05) is 131 Å². The third-order valence-electron chi connectivity index (χ3n) is 12.7. The fraction of sp³-hybridized carbons (Fsp3) is 0.103. The van der Waals surface area contributed by atoms with Crippen LogP contribution in [0.15, 0.2) is 170 Å². The van der Waals surface area contributed by atoms with E-state index in [4.69, 9.17) is 0 Å². The molecule has 2 aliphatic carbocycles. The summed E-state index contributed by atoms with van der Waals surface area (Å²) in [6, 6.07) is 65.9. The Hall–Kier alpha value is -7.72. The minimum Gasteiger partial charge on any atom is -0.310 e. The van der Waals surface area contributed by atoms with Gasteiger partial charge in [0.15, 0.2) is 0 Å². The third-order valence-corrected chi connectivity index (χ3v) is 12.7. The lowest BCUT2D eigenvalue weighted by Gasteiger charge is -2.32. The second kappa shape index (κ2) is 14.8. The van der Waals surface area contributed by atoms with E-state index in [1.807, 2.05) is 12.1 Å². The molecule has 8 aromatic carbocycles. The molecule has 0 unspecified atom stereocenters. The maximum Gasteiger partial charge on any atom is 0.0991 e. The van der Waals surface area contributed by atoms with Crippen LogP contribution in [-0.2, 0) is 11.8 Å². The van der Waals surface area contributed by atoms with Gasteiger partial charge in [-0.05, 0) is 168 Å². The van der Waals surface area contributed by atoms with Gasteiger partial charge >= 0.3 is 0 Å². The van der Waals surface area contributed by atoms with Crippen LogP contribution in [0.3, 0.4) is 0 Å². The van der Waals surface area contributed by atoms with Gasteiger partial charge in [0.05, 0.1) is 28.7 Å². The number of nitrogens with zero attached hydrogens (tertiary/aromatic N) is 3. The van der Waals surface area contributed by atoms with Gasteiger partial charge in [-0.3, -0.25) is 0 Å². The first-order valence-electron chi connectivity index (χ1n) is 20.9. The molecule has 0 heterocycles. The second-order valence-electron chi connectivity index (χ2n) is 16.7. The van der Waals surface area contributed by atoms with Crippen molar-refractivity contribution in [2.75, 3.05) is 4.90 Å². The first-order valence-corrected chi connectivity index (χ1v) is 20.9. The highest BCUT2D eigenvalue weighted by atomic mass is 15.1. The standard InChI is InChI=1S/C58H43N3/c1-37-5-13-41(14-6-37)29-46(45-18-7-38(2)8-19-45)30-42-15-25-50-53-28-24-49(61(47-20-9-39(3)10-21-47)48-22-11-40(4)12-23-48)34-57(53)58(54(50)31-42)55-32-43(35-59)16-26-51(55)52-27-17-44(36-60)33-56(52)58/h5-28,30-34H,29H2,1-4H3/b46-30+. The summed E-state index contributed by atoms with van der Waals surface area (Å²) in [6.07, 6.45) is 3.13. The molecule has 0 N–H and O–H groups in total. The molecule has 0 saturated carbocycles. The van der Waals surface area contributed by atoms with Gasteiger partial charge in [-0.2, -0.15) is 10.5 Å². The zero-order valence-corrected chi connectivity index (χ0v) is 34.8. The van der Waals surface area contributed by atoms with Crippen molar-refractivity contribution >= 4 is 28.7 Å². The number of fused-ring (bicyclic) bond motifs is 10. The first kappa shape index (κ1) is 37.5. The molecule has 0 aromatic heterocycles. The second-order valence-corrected chi connectivity index (χ2v) is 16.7. The van der Waals surface area contributed by atoms with E-state index in [0.717, 1.165) is 73.6 Å². The van der Waals surface area contributed by atoms with Crippen molar-refractivity contribution in [1.29, 1.82) is 10.5 Å². The Morgan fingerprint density at radius 1 is 0.459 bits per heavy atom. The van der Waals surface area contributed by atoms with Crippen molar-refractivity contribution in [3.8, 4) is 34.4 Å². The number of aryl methyl sites for hydroxylation is 4. The highest BCUT2D eigenvalue weighted by Crippen LogP contribution is 2.64. The van der Waals surface area contributed by atoms with Crippen LogP contribution in [0.2, 0.25) is 0 Å². The molecule has 3 nitrogen and oxygen atoms in total. The molecular weight excluding hydrogens is 739 g/mol. The first-order chi connectivity index (χ1) is 29.7. The summed E-state index contributed by atoms with van der Waals surface area (Å²) in [4.78, 5) is 2.33. The summed E-state index contributed by atoms with van der Waals surface area (Å²) in [7, 11) is 0. The van der Waals surface area contributed by atoms with Crippen molar-refractivity contribution in [3.05, 3.63) is 242 Å². The Morgan fingerprint density at radius 3 is 1.38 bits per heavy atom. The Bertz CT molecular complexity index is 3030. The SMILES string of the molecule is Cc1ccc(C/C(=C\c2ccc3c(c2)C2(c4cc(C#N)ccc4-c4ccc(C#N)cc42)c2cc(N(c4ccc(C)cc4)c4ccc(C)cc4)ccc2-3)c2ccc(C)cc2)cc1. The zero-order chi connectivity index (χ0) is 41.8. The summed E-state index contributed by atoms with van der Waals surface area (Å²) < 4.78 is 0. The molecule has 0 fully saturated rings. The lowest BCUT2D eigenvalue weighted by molar-refractivity contribution is 0.792. The number of hydrogen-bond acceptors (Lipinski definition) is 3. The molecule has 8 aromatic rings. The fourth-order valence-electron chi connectivity index (χ4n) is 9.57. The van der Waals surface area contributed by atoms with E-state index < -0.39 is 5.41 Å². The van der Waals surface area contributed by atoms with Crippen LogP contribution in [0, 0.1) is 50.4 Å². The molecule has 290 valence electrons. The molecule has 0 bridgehead atoms. The summed E-state index contributed by atoms with van der Waals surface area (Å²) in [6.45, 7) is 8.49. The minimum absolute atomic E-state index is 0.606. The Balaban J connectivity index is 1.25. The quantitative estimate of drug-likeness (QED) is 0.151. The maximum absolute atomic E-state index is 10.4. The van der Waals surface area contributed by atoms with Gasteiger partial charge in [0.2, 0.25) is 0 Å². The van der Waals surface area contributed by atoms with Crippen molar-refractivity contribution in [2.45, 2.75) is 39.5 Å².